The van der Waals surface area contributed by atoms with E-state index in [-0.39, 0.29) is 28.5 Å². The van der Waals surface area contributed by atoms with Crippen molar-refractivity contribution in [3.63, 3.8) is 0 Å². The highest BCUT2D eigenvalue weighted by Crippen LogP contribution is 2.32. The summed E-state index contributed by atoms with van der Waals surface area (Å²) in [6.45, 7) is 2.15. The Morgan fingerprint density at radius 3 is 2.26 bits per heavy atom. The molecule has 2 N–H and O–H groups in total. The molecule has 10 heteroatoms. The van der Waals surface area contributed by atoms with Crippen LogP contribution in [0.2, 0.25) is 0 Å². The zero-order valence-corrected chi connectivity index (χ0v) is 23.8. The highest BCUT2D eigenvalue weighted by Gasteiger charge is 2.39. The fourth-order valence-electron chi connectivity index (χ4n) is 4.25. The minimum Gasteiger partial charge on any atom is -0.462 e. The predicted octanol–water partition coefficient (Wildman–Crippen LogP) is 6.73. The topological polar surface area (TPSA) is 114 Å². The first-order valence-corrected chi connectivity index (χ1v) is 13.8. The number of hydrogen-bond donors (Lipinski definition) is 2. The standard InChI is InChI=1S/C33H26ClN3O6/c1-2-19-42-33(41)26-13-6-7-14-27(26)36-30(38)21-9-8-10-22(20-21)35-29-28(34)31(39)37(32(29)40)23-15-17-25(18-16-23)43-24-11-4-3-5-12-24/h3-18,20,35H,2,19H2,1H3,(H,36,38). The van der Waals surface area contributed by atoms with Crippen LogP contribution in [0.3, 0.4) is 0 Å². The monoisotopic (exact) mass is 595 g/mol. The number of carbonyl (C=O) groups excluding carboxylic acids is 4. The summed E-state index contributed by atoms with van der Waals surface area (Å²) in [7, 11) is 0. The van der Waals surface area contributed by atoms with Gasteiger partial charge in [0.15, 0.2) is 0 Å². The Bertz CT molecular complexity index is 1720. The van der Waals surface area contributed by atoms with Crippen LogP contribution < -0.4 is 20.3 Å². The van der Waals surface area contributed by atoms with Crippen LogP contribution in [0.1, 0.15) is 34.1 Å². The van der Waals surface area contributed by atoms with Crippen molar-refractivity contribution in [2.24, 2.45) is 0 Å². The van der Waals surface area contributed by atoms with Gasteiger partial charge >= 0.3 is 5.97 Å². The van der Waals surface area contributed by atoms with Crippen LogP contribution in [-0.2, 0) is 14.3 Å². The van der Waals surface area contributed by atoms with Crippen LogP contribution in [-0.4, -0.2) is 30.3 Å². The maximum Gasteiger partial charge on any atom is 0.340 e. The molecule has 0 radical (unpaired) electrons. The summed E-state index contributed by atoms with van der Waals surface area (Å²) in [4.78, 5) is 52.7. The second-order valence-corrected chi connectivity index (χ2v) is 9.76. The van der Waals surface area contributed by atoms with Gasteiger partial charge in [-0.3, -0.25) is 14.4 Å². The van der Waals surface area contributed by atoms with Gasteiger partial charge in [-0.05, 0) is 73.2 Å². The van der Waals surface area contributed by atoms with Crippen molar-refractivity contribution in [1.29, 1.82) is 0 Å². The molecule has 0 bridgehead atoms. The highest BCUT2D eigenvalue weighted by atomic mass is 35.5. The lowest BCUT2D eigenvalue weighted by molar-refractivity contribution is -0.120. The summed E-state index contributed by atoms with van der Waals surface area (Å²) in [5, 5.41) is 5.33. The first-order chi connectivity index (χ1) is 20.9. The molecular formula is C33H26ClN3O6. The number of halogens is 1. The number of nitrogens with one attached hydrogen (secondary N) is 2. The predicted molar refractivity (Wildman–Crippen MR) is 163 cm³/mol. The molecule has 0 spiro atoms. The van der Waals surface area contributed by atoms with E-state index in [2.05, 4.69) is 10.6 Å². The van der Waals surface area contributed by atoms with Crippen molar-refractivity contribution in [2.45, 2.75) is 13.3 Å². The van der Waals surface area contributed by atoms with Gasteiger partial charge in [0.2, 0.25) is 0 Å². The number of nitrogens with zero attached hydrogens (tertiary/aromatic N) is 1. The second kappa shape index (κ2) is 13.1. The van der Waals surface area contributed by atoms with Crippen molar-refractivity contribution in [2.75, 3.05) is 22.1 Å². The number of rotatable bonds is 10. The molecule has 1 aliphatic rings. The smallest absolute Gasteiger partial charge is 0.340 e. The van der Waals surface area contributed by atoms with Gasteiger partial charge in [0.05, 0.1) is 23.5 Å². The minimum atomic E-state index is -0.689. The van der Waals surface area contributed by atoms with Crippen LogP contribution in [0, 0.1) is 0 Å². The molecule has 3 amide bonds. The molecule has 0 atom stereocenters. The lowest BCUT2D eigenvalue weighted by Crippen LogP contribution is -2.32. The number of benzene rings is 4. The quantitative estimate of drug-likeness (QED) is 0.154. The van der Waals surface area contributed by atoms with Crippen molar-refractivity contribution < 1.29 is 28.7 Å². The Kier molecular flexibility index (Phi) is 8.83. The molecule has 0 aromatic heterocycles. The van der Waals surface area contributed by atoms with Crippen LogP contribution in [0.25, 0.3) is 0 Å². The zero-order valence-electron chi connectivity index (χ0n) is 23.0. The van der Waals surface area contributed by atoms with E-state index < -0.39 is 23.7 Å². The fraction of sp³-hybridized carbons (Fsp3) is 0.0909. The summed E-state index contributed by atoms with van der Waals surface area (Å²) in [6, 6.07) is 28.5. The van der Waals surface area contributed by atoms with Crippen molar-refractivity contribution in [3.8, 4) is 11.5 Å². The lowest BCUT2D eigenvalue weighted by Gasteiger charge is -2.16. The van der Waals surface area contributed by atoms with Crippen molar-refractivity contribution in [3.05, 3.63) is 125 Å². The van der Waals surface area contributed by atoms with Gasteiger partial charge in [0, 0.05) is 11.3 Å². The summed E-state index contributed by atoms with van der Waals surface area (Å²) >= 11 is 6.31. The van der Waals surface area contributed by atoms with Gasteiger partial charge in [-0.2, -0.15) is 0 Å². The third kappa shape index (κ3) is 6.58. The maximum atomic E-state index is 13.3. The number of imide groups is 1. The molecular weight excluding hydrogens is 570 g/mol. The largest absolute Gasteiger partial charge is 0.462 e. The molecule has 1 heterocycles. The SMILES string of the molecule is CCCOC(=O)c1ccccc1NC(=O)c1cccc(NC2=C(Cl)C(=O)N(c3ccc(Oc4ccccc4)cc3)C2=O)c1. The molecule has 43 heavy (non-hydrogen) atoms. The molecule has 4 aromatic carbocycles. The van der Waals surface area contributed by atoms with E-state index in [1.807, 2.05) is 37.3 Å². The van der Waals surface area contributed by atoms with Gasteiger partial charge in [-0.25, -0.2) is 9.69 Å². The van der Waals surface area contributed by atoms with E-state index in [0.717, 1.165) is 4.90 Å². The first-order valence-electron chi connectivity index (χ1n) is 13.4. The third-order valence-electron chi connectivity index (χ3n) is 6.33. The van der Waals surface area contributed by atoms with Crippen molar-refractivity contribution >= 4 is 52.4 Å². The number of anilines is 3. The van der Waals surface area contributed by atoms with Crippen molar-refractivity contribution in [1.82, 2.24) is 0 Å². The highest BCUT2D eigenvalue weighted by molar-refractivity contribution is 6.53. The molecule has 1 aliphatic heterocycles. The summed E-state index contributed by atoms with van der Waals surface area (Å²) in [5.41, 5.74) is 1.30. The number of ether oxygens (including phenoxy) is 2. The fourth-order valence-corrected chi connectivity index (χ4v) is 4.47. The third-order valence-corrected chi connectivity index (χ3v) is 6.68. The number of amides is 3. The Morgan fingerprint density at radius 2 is 1.51 bits per heavy atom. The first kappa shape index (κ1) is 29.1. The number of para-hydroxylation sites is 2. The van der Waals surface area contributed by atoms with E-state index in [1.165, 1.54) is 6.07 Å². The van der Waals surface area contributed by atoms with Crippen LogP contribution in [0.15, 0.2) is 114 Å². The van der Waals surface area contributed by atoms with Gasteiger partial charge in [0.25, 0.3) is 17.7 Å². The molecule has 5 rings (SSSR count). The molecule has 9 nitrogen and oxygen atoms in total. The summed E-state index contributed by atoms with van der Waals surface area (Å²) in [5.74, 6) is -1.20. The molecule has 0 saturated carbocycles. The Hall–Kier alpha value is -5.41. The van der Waals surface area contributed by atoms with Gasteiger partial charge in [-0.1, -0.05) is 54.9 Å². The number of carbonyl (C=O) groups is 4. The second-order valence-electron chi connectivity index (χ2n) is 9.39. The lowest BCUT2D eigenvalue weighted by atomic mass is 10.1. The van der Waals surface area contributed by atoms with E-state index in [4.69, 9.17) is 21.1 Å². The summed E-state index contributed by atoms with van der Waals surface area (Å²) < 4.78 is 11.0. The van der Waals surface area contributed by atoms with E-state index in [1.54, 1.807) is 66.7 Å². The van der Waals surface area contributed by atoms with Gasteiger partial charge in [0.1, 0.15) is 22.2 Å². The normalized spacial score (nSPS) is 12.7. The van der Waals surface area contributed by atoms with Crippen LogP contribution >= 0.6 is 11.6 Å². The average molecular weight is 596 g/mol. The van der Waals surface area contributed by atoms with Crippen LogP contribution in [0.5, 0.6) is 11.5 Å². The van der Waals surface area contributed by atoms with Gasteiger partial charge < -0.3 is 20.1 Å². The summed E-state index contributed by atoms with van der Waals surface area (Å²) in [6.07, 6.45) is 0.669. The van der Waals surface area contributed by atoms with E-state index >= 15 is 0 Å². The Balaban J connectivity index is 1.28. The Morgan fingerprint density at radius 1 is 0.814 bits per heavy atom. The van der Waals surface area contributed by atoms with E-state index in [0.29, 0.717) is 35.0 Å². The number of esters is 1. The maximum absolute atomic E-state index is 13.3. The molecule has 0 unspecified atom stereocenters. The van der Waals surface area contributed by atoms with Gasteiger partial charge in [-0.15, -0.1) is 0 Å². The minimum absolute atomic E-state index is 0.127. The molecule has 216 valence electrons. The molecule has 0 fully saturated rings. The number of hydrogen-bond acceptors (Lipinski definition) is 7. The average Bonchev–Trinajstić information content (AvgIpc) is 3.24. The molecule has 0 saturated heterocycles. The van der Waals surface area contributed by atoms with E-state index in [9.17, 15) is 19.2 Å². The van der Waals surface area contributed by atoms with Crippen LogP contribution in [0.4, 0.5) is 17.1 Å². The molecule has 0 aliphatic carbocycles. The Labute approximate surface area is 252 Å². The molecule has 4 aromatic rings. The zero-order chi connectivity index (χ0) is 30.3.